The van der Waals surface area contributed by atoms with Crippen molar-refractivity contribution in [2.45, 2.75) is 12.5 Å². The maximum Gasteiger partial charge on any atom is 0.269 e. The summed E-state index contributed by atoms with van der Waals surface area (Å²) in [6.45, 7) is 0.191. The number of nitrogen functional groups attached to an aromatic ring is 1. The molecule has 0 fully saturated rings. The molecule has 2 aromatic rings. The van der Waals surface area contributed by atoms with E-state index < -0.39 is 6.10 Å². The van der Waals surface area contributed by atoms with Crippen LogP contribution in [0.3, 0.4) is 0 Å². The van der Waals surface area contributed by atoms with Gasteiger partial charge in [-0.15, -0.1) is 6.42 Å². The number of carbonyl (C=O) groups is 1. The summed E-state index contributed by atoms with van der Waals surface area (Å²) in [5.41, 5.74) is 7.99. The monoisotopic (exact) mass is 326 g/mol. The van der Waals surface area contributed by atoms with E-state index in [0.29, 0.717) is 28.6 Å². The van der Waals surface area contributed by atoms with Crippen LogP contribution in [0.4, 0.5) is 11.4 Å². The third kappa shape index (κ3) is 3.10. The Labute approximate surface area is 139 Å². The number of fused-ring (bicyclic) bond motifs is 1. The maximum atomic E-state index is 12.7. The van der Waals surface area contributed by atoms with Gasteiger partial charge in [0.25, 0.3) is 5.91 Å². The second kappa shape index (κ2) is 6.23. The summed E-state index contributed by atoms with van der Waals surface area (Å²) >= 11 is 5.89. The van der Waals surface area contributed by atoms with Gasteiger partial charge in [0.15, 0.2) is 6.10 Å². The average molecular weight is 327 g/mol. The maximum absolute atomic E-state index is 12.7. The largest absolute Gasteiger partial charge is 0.478 e. The number of nitrogens with zero attached hydrogens (tertiary/aromatic N) is 1. The summed E-state index contributed by atoms with van der Waals surface area (Å²) in [4.78, 5) is 14.2. The van der Waals surface area contributed by atoms with Gasteiger partial charge in [0, 0.05) is 23.2 Å². The minimum absolute atomic E-state index is 0.157. The Hall–Kier alpha value is -2.64. The molecule has 2 aromatic carbocycles. The lowest BCUT2D eigenvalue weighted by Gasteiger charge is -2.33. The third-order valence-corrected chi connectivity index (χ3v) is 3.92. The van der Waals surface area contributed by atoms with Crippen LogP contribution in [0.1, 0.15) is 5.56 Å². The molecule has 3 rings (SSSR count). The molecule has 0 radical (unpaired) electrons. The summed E-state index contributed by atoms with van der Waals surface area (Å²) in [6, 6.07) is 12.5. The van der Waals surface area contributed by atoms with Gasteiger partial charge >= 0.3 is 0 Å². The van der Waals surface area contributed by atoms with Gasteiger partial charge in [0.05, 0.1) is 12.2 Å². The van der Waals surface area contributed by atoms with Gasteiger partial charge in [-0.2, -0.15) is 0 Å². The summed E-state index contributed by atoms with van der Waals surface area (Å²) in [5, 5.41) is 0.650. The highest BCUT2D eigenvalue weighted by Crippen LogP contribution is 2.36. The van der Waals surface area contributed by atoms with E-state index in [4.69, 9.17) is 28.5 Å². The lowest BCUT2D eigenvalue weighted by atomic mass is 10.0. The van der Waals surface area contributed by atoms with E-state index in [0.717, 1.165) is 5.56 Å². The van der Waals surface area contributed by atoms with Gasteiger partial charge in [-0.05, 0) is 29.8 Å². The molecule has 23 heavy (non-hydrogen) atoms. The number of ether oxygens (including phenoxy) is 1. The molecule has 0 spiro atoms. The number of hydrogen-bond acceptors (Lipinski definition) is 3. The topological polar surface area (TPSA) is 55.6 Å². The number of halogens is 1. The molecule has 5 heteroatoms. The van der Waals surface area contributed by atoms with Crippen molar-refractivity contribution >= 4 is 28.9 Å². The SMILES string of the molecule is C#CCN1C(=O)C(Cc2ccc(Cl)cc2)Oc2cc(N)ccc21. The van der Waals surface area contributed by atoms with Crippen molar-refractivity contribution in [3.05, 3.63) is 53.1 Å². The summed E-state index contributed by atoms with van der Waals surface area (Å²) in [7, 11) is 0. The van der Waals surface area contributed by atoms with Gasteiger partial charge in [-0.1, -0.05) is 29.7 Å². The van der Waals surface area contributed by atoms with Gasteiger partial charge < -0.3 is 10.5 Å². The first-order valence-electron chi connectivity index (χ1n) is 7.14. The van der Waals surface area contributed by atoms with Crippen molar-refractivity contribution in [2.75, 3.05) is 17.2 Å². The second-order valence-electron chi connectivity index (χ2n) is 5.29. The highest BCUT2D eigenvalue weighted by molar-refractivity contribution is 6.30. The smallest absolute Gasteiger partial charge is 0.269 e. The van der Waals surface area contributed by atoms with Crippen LogP contribution in [0.2, 0.25) is 5.02 Å². The van der Waals surface area contributed by atoms with Crippen molar-refractivity contribution in [1.82, 2.24) is 0 Å². The van der Waals surface area contributed by atoms with Gasteiger partial charge in [0.1, 0.15) is 5.75 Å². The molecule has 4 nitrogen and oxygen atoms in total. The lowest BCUT2D eigenvalue weighted by Crippen LogP contribution is -2.47. The zero-order chi connectivity index (χ0) is 16.4. The average Bonchev–Trinajstić information content (AvgIpc) is 2.53. The summed E-state index contributed by atoms with van der Waals surface area (Å²) < 4.78 is 5.86. The zero-order valence-corrected chi connectivity index (χ0v) is 13.1. The van der Waals surface area contributed by atoms with Gasteiger partial charge in [-0.25, -0.2) is 0 Å². The molecule has 1 aliphatic rings. The Morgan fingerprint density at radius 1 is 1.26 bits per heavy atom. The van der Waals surface area contributed by atoms with Crippen LogP contribution >= 0.6 is 11.6 Å². The Morgan fingerprint density at radius 2 is 2.00 bits per heavy atom. The number of carbonyl (C=O) groups excluding carboxylic acids is 1. The van der Waals surface area contributed by atoms with Crippen LogP contribution in [0.25, 0.3) is 0 Å². The van der Waals surface area contributed by atoms with Crippen LogP contribution in [-0.2, 0) is 11.2 Å². The molecule has 116 valence electrons. The van der Waals surface area contributed by atoms with E-state index in [1.54, 1.807) is 35.2 Å². The molecule has 1 aliphatic heterocycles. The number of amides is 1. The molecule has 1 amide bonds. The fraction of sp³-hybridized carbons (Fsp3) is 0.167. The minimum atomic E-state index is -0.640. The Balaban J connectivity index is 1.92. The van der Waals surface area contributed by atoms with Crippen LogP contribution in [0, 0.1) is 12.3 Å². The summed E-state index contributed by atoms with van der Waals surface area (Å²) in [5.74, 6) is 2.93. The third-order valence-electron chi connectivity index (χ3n) is 3.67. The molecular formula is C18H15ClN2O2. The van der Waals surface area contributed by atoms with Crippen LogP contribution < -0.4 is 15.4 Å². The van der Waals surface area contributed by atoms with E-state index in [1.807, 2.05) is 12.1 Å². The van der Waals surface area contributed by atoms with E-state index in [2.05, 4.69) is 5.92 Å². The van der Waals surface area contributed by atoms with Gasteiger partial charge in [0.2, 0.25) is 0 Å². The fourth-order valence-corrected chi connectivity index (χ4v) is 2.69. The standard InChI is InChI=1S/C18H15ClN2O2/c1-2-9-21-15-8-7-14(20)11-16(15)23-17(18(21)22)10-12-3-5-13(19)6-4-12/h1,3-8,11,17H,9-10,20H2. The molecule has 0 saturated heterocycles. The molecule has 1 heterocycles. The fourth-order valence-electron chi connectivity index (χ4n) is 2.56. The quantitative estimate of drug-likeness (QED) is 0.697. The Bertz CT molecular complexity index is 781. The molecule has 1 unspecified atom stereocenters. The highest BCUT2D eigenvalue weighted by atomic mass is 35.5. The number of terminal acetylenes is 1. The van der Waals surface area contributed by atoms with E-state index >= 15 is 0 Å². The van der Waals surface area contributed by atoms with Crippen LogP contribution in [0.15, 0.2) is 42.5 Å². The molecule has 0 aliphatic carbocycles. The lowest BCUT2D eigenvalue weighted by molar-refractivity contribution is -0.126. The van der Waals surface area contributed by atoms with E-state index in [-0.39, 0.29) is 12.5 Å². The van der Waals surface area contributed by atoms with Crippen molar-refractivity contribution in [3.8, 4) is 18.1 Å². The molecule has 2 N–H and O–H groups in total. The zero-order valence-electron chi connectivity index (χ0n) is 12.3. The van der Waals surface area contributed by atoms with Crippen molar-refractivity contribution in [3.63, 3.8) is 0 Å². The molecule has 1 atom stereocenters. The normalized spacial score (nSPS) is 16.4. The van der Waals surface area contributed by atoms with Crippen LogP contribution in [-0.4, -0.2) is 18.6 Å². The van der Waals surface area contributed by atoms with Crippen molar-refractivity contribution in [2.24, 2.45) is 0 Å². The molecule has 0 saturated carbocycles. The number of anilines is 2. The van der Waals surface area contributed by atoms with Crippen molar-refractivity contribution in [1.29, 1.82) is 0 Å². The van der Waals surface area contributed by atoms with E-state index in [1.165, 1.54) is 0 Å². The van der Waals surface area contributed by atoms with Crippen molar-refractivity contribution < 1.29 is 9.53 Å². The number of hydrogen-bond donors (Lipinski definition) is 1. The second-order valence-corrected chi connectivity index (χ2v) is 5.73. The first-order valence-corrected chi connectivity index (χ1v) is 7.52. The van der Waals surface area contributed by atoms with E-state index in [9.17, 15) is 4.79 Å². The number of nitrogens with two attached hydrogens (primary N) is 1. The van der Waals surface area contributed by atoms with Gasteiger partial charge in [-0.3, -0.25) is 9.69 Å². The number of benzene rings is 2. The summed E-state index contributed by atoms with van der Waals surface area (Å²) in [6.07, 6.45) is 5.20. The minimum Gasteiger partial charge on any atom is -0.478 e. The van der Waals surface area contributed by atoms with Crippen LogP contribution in [0.5, 0.6) is 5.75 Å². The Morgan fingerprint density at radius 3 is 2.70 bits per heavy atom. The molecular weight excluding hydrogens is 312 g/mol. The predicted octanol–water partition coefficient (Wildman–Crippen LogP) is 2.89. The molecule has 0 aromatic heterocycles. The highest BCUT2D eigenvalue weighted by Gasteiger charge is 2.34. The molecule has 0 bridgehead atoms. The Kier molecular flexibility index (Phi) is 4.14. The predicted molar refractivity (Wildman–Crippen MR) is 91.6 cm³/mol. The first kappa shape index (κ1) is 15.3. The number of rotatable bonds is 3. The first-order chi connectivity index (χ1) is 11.1.